The Morgan fingerprint density at radius 3 is 2.67 bits per heavy atom. The molecule has 0 saturated carbocycles. The fraction of sp³-hybridized carbons (Fsp3) is 0.417. The van der Waals surface area contributed by atoms with Crippen LogP contribution in [-0.4, -0.2) is 15.0 Å². The smallest absolute Gasteiger partial charge is 0.283 e. The quantitative estimate of drug-likeness (QED) is 0.835. The van der Waals surface area contributed by atoms with Crippen LogP contribution < -0.4 is 0 Å². The van der Waals surface area contributed by atoms with E-state index in [1.54, 1.807) is 0 Å². The van der Waals surface area contributed by atoms with Gasteiger partial charge in [-0.3, -0.25) is 4.98 Å². The largest absolute Gasteiger partial charge is 0.439 e. The van der Waals surface area contributed by atoms with E-state index in [9.17, 15) is 8.78 Å². The zero-order valence-electron chi connectivity index (χ0n) is 10.1. The number of hydrogen-bond donors (Lipinski definition) is 0. The van der Waals surface area contributed by atoms with Crippen LogP contribution in [0.25, 0.3) is 11.6 Å². The van der Waals surface area contributed by atoms with Gasteiger partial charge in [-0.25, -0.2) is 18.7 Å². The standard InChI is InChI=1S/C12H13F2N3O/c1-3-7(2)10-9(11(13)14)17-12(18-10)8-6-15-4-5-16-8/h4-7,11H,3H2,1-2H3. The fourth-order valence-electron chi connectivity index (χ4n) is 1.56. The van der Waals surface area contributed by atoms with Gasteiger partial charge in [0, 0.05) is 18.3 Å². The van der Waals surface area contributed by atoms with Crippen molar-refractivity contribution < 1.29 is 13.2 Å². The second kappa shape index (κ2) is 5.20. The summed E-state index contributed by atoms with van der Waals surface area (Å²) < 4.78 is 31.2. The Hall–Kier alpha value is -1.85. The highest BCUT2D eigenvalue weighted by Gasteiger charge is 2.25. The van der Waals surface area contributed by atoms with Crippen LogP contribution in [0.5, 0.6) is 0 Å². The van der Waals surface area contributed by atoms with E-state index in [-0.39, 0.29) is 23.3 Å². The van der Waals surface area contributed by atoms with Gasteiger partial charge in [0.2, 0.25) is 5.89 Å². The van der Waals surface area contributed by atoms with Gasteiger partial charge >= 0.3 is 0 Å². The molecule has 4 nitrogen and oxygen atoms in total. The third-order valence-electron chi connectivity index (χ3n) is 2.73. The molecule has 18 heavy (non-hydrogen) atoms. The predicted molar refractivity (Wildman–Crippen MR) is 61.2 cm³/mol. The Bertz CT molecular complexity index is 513. The zero-order chi connectivity index (χ0) is 13.1. The highest BCUT2D eigenvalue weighted by atomic mass is 19.3. The van der Waals surface area contributed by atoms with Crippen LogP contribution in [0.3, 0.4) is 0 Å². The summed E-state index contributed by atoms with van der Waals surface area (Å²) in [5.74, 6) is 0.216. The van der Waals surface area contributed by atoms with Crippen molar-refractivity contribution in [3.8, 4) is 11.6 Å². The lowest BCUT2D eigenvalue weighted by molar-refractivity contribution is 0.143. The molecular weight excluding hydrogens is 240 g/mol. The predicted octanol–water partition coefficient (Wildman–Crippen LogP) is 3.58. The Kier molecular flexibility index (Phi) is 3.64. The van der Waals surface area contributed by atoms with E-state index in [0.717, 1.165) is 0 Å². The minimum Gasteiger partial charge on any atom is -0.439 e. The molecular formula is C12H13F2N3O. The first-order chi connectivity index (χ1) is 8.63. The lowest BCUT2D eigenvalue weighted by Gasteiger charge is -2.05. The molecule has 2 aromatic heterocycles. The van der Waals surface area contributed by atoms with Gasteiger partial charge in [0.25, 0.3) is 6.43 Å². The molecule has 1 unspecified atom stereocenters. The highest BCUT2D eigenvalue weighted by molar-refractivity contribution is 5.45. The number of aromatic nitrogens is 3. The molecule has 1 atom stereocenters. The van der Waals surface area contributed by atoms with Crippen molar-refractivity contribution in [3.05, 3.63) is 30.0 Å². The molecule has 0 N–H and O–H groups in total. The number of rotatable bonds is 4. The zero-order valence-corrected chi connectivity index (χ0v) is 10.1. The van der Waals surface area contributed by atoms with Crippen molar-refractivity contribution in [2.24, 2.45) is 0 Å². The third-order valence-corrected chi connectivity index (χ3v) is 2.73. The van der Waals surface area contributed by atoms with E-state index < -0.39 is 6.43 Å². The normalized spacial score (nSPS) is 12.9. The first kappa shape index (κ1) is 12.6. The number of alkyl halides is 2. The number of nitrogens with zero attached hydrogens (tertiary/aromatic N) is 3. The molecule has 0 amide bonds. The summed E-state index contributed by atoms with van der Waals surface area (Å²) in [6.45, 7) is 3.73. The number of hydrogen-bond acceptors (Lipinski definition) is 4. The molecule has 0 aliphatic carbocycles. The molecule has 0 radical (unpaired) electrons. The Balaban J connectivity index is 2.46. The number of halogens is 2. The molecule has 0 spiro atoms. The molecule has 0 saturated heterocycles. The Morgan fingerprint density at radius 2 is 2.11 bits per heavy atom. The van der Waals surface area contributed by atoms with Crippen molar-refractivity contribution in [3.63, 3.8) is 0 Å². The van der Waals surface area contributed by atoms with Gasteiger partial charge in [0.1, 0.15) is 17.1 Å². The van der Waals surface area contributed by atoms with E-state index in [2.05, 4.69) is 15.0 Å². The molecule has 0 fully saturated rings. The maximum Gasteiger partial charge on any atom is 0.283 e. The van der Waals surface area contributed by atoms with Gasteiger partial charge in [-0.15, -0.1) is 0 Å². The van der Waals surface area contributed by atoms with Gasteiger partial charge in [-0.1, -0.05) is 13.8 Å². The lowest BCUT2D eigenvalue weighted by atomic mass is 10.0. The van der Waals surface area contributed by atoms with Crippen LogP contribution in [-0.2, 0) is 0 Å². The molecule has 2 heterocycles. The summed E-state index contributed by atoms with van der Waals surface area (Å²) in [4.78, 5) is 11.7. The molecule has 0 aliphatic rings. The van der Waals surface area contributed by atoms with Crippen molar-refractivity contribution in [2.75, 3.05) is 0 Å². The van der Waals surface area contributed by atoms with Crippen LogP contribution in [0.15, 0.2) is 23.0 Å². The van der Waals surface area contributed by atoms with Gasteiger partial charge in [0.05, 0.1) is 6.20 Å². The molecule has 0 aromatic carbocycles. The third kappa shape index (κ3) is 2.37. The van der Waals surface area contributed by atoms with Crippen molar-refractivity contribution in [1.29, 1.82) is 0 Å². The summed E-state index contributed by atoms with van der Waals surface area (Å²) in [5, 5.41) is 0. The van der Waals surface area contributed by atoms with Crippen molar-refractivity contribution >= 4 is 0 Å². The fourth-order valence-corrected chi connectivity index (χ4v) is 1.56. The van der Waals surface area contributed by atoms with Crippen molar-refractivity contribution in [2.45, 2.75) is 32.6 Å². The van der Waals surface area contributed by atoms with Crippen LogP contribution in [0, 0.1) is 0 Å². The van der Waals surface area contributed by atoms with E-state index in [1.165, 1.54) is 18.6 Å². The molecule has 6 heteroatoms. The van der Waals surface area contributed by atoms with Crippen molar-refractivity contribution in [1.82, 2.24) is 15.0 Å². The first-order valence-electron chi connectivity index (χ1n) is 5.68. The van der Waals surface area contributed by atoms with Crippen LogP contribution in [0.1, 0.15) is 44.1 Å². The minimum atomic E-state index is -2.65. The second-order valence-corrected chi connectivity index (χ2v) is 3.97. The molecule has 96 valence electrons. The summed E-state index contributed by atoms with van der Waals surface area (Å²) in [5.41, 5.74) is 0.0546. The monoisotopic (exact) mass is 253 g/mol. The second-order valence-electron chi connectivity index (χ2n) is 3.97. The summed E-state index contributed by atoms with van der Waals surface area (Å²) in [7, 11) is 0. The lowest BCUT2D eigenvalue weighted by Crippen LogP contribution is -1.96. The average Bonchev–Trinajstić information content (AvgIpc) is 2.84. The van der Waals surface area contributed by atoms with Gasteiger partial charge in [-0.05, 0) is 6.42 Å². The Labute approximate surface area is 103 Å². The minimum absolute atomic E-state index is 0.0914. The molecule has 2 rings (SSSR count). The SMILES string of the molecule is CCC(C)c1oc(-c2cnccn2)nc1C(F)F. The van der Waals surface area contributed by atoms with E-state index in [0.29, 0.717) is 12.1 Å². The van der Waals surface area contributed by atoms with Gasteiger partial charge in [0.15, 0.2) is 0 Å². The first-order valence-corrected chi connectivity index (χ1v) is 5.68. The number of oxazole rings is 1. The molecule has 0 aliphatic heterocycles. The summed E-state index contributed by atoms with van der Waals surface area (Å²) in [6, 6.07) is 0. The highest BCUT2D eigenvalue weighted by Crippen LogP contribution is 2.33. The van der Waals surface area contributed by atoms with Gasteiger partial charge in [-0.2, -0.15) is 0 Å². The molecule has 2 aromatic rings. The topological polar surface area (TPSA) is 51.8 Å². The maximum absolute atomic E-state index is 12.9. The van der Waals surface area contributed by atoms with Gasteiger partial charge < -0.3 is 4.42 Å². The Morgan fingerprint density at radius 1 is 1.33 bits per heavy atom. The summed E-state index contributed by atoms with van der Waals surface area (Å²) in [6.07, 6.45) is 2.44. The average molecular weight is 253 g/mol. The van der Waals surface area contributed by atoms with Crippen LogP contribution in [0.2, 0.25) is 0 Å². The van der Waals surface area contributed by atoms with Crippen LogP contribution in [0.4, 0.5) is 8.78 Å². The van der Waals surface area contributed by atoms with Crippen LogP contribution >= 0.6 is 0 Å². The summed E-state index contributed by atoms with van der Waals surface area (Å²) >= 11 is 0. The maximum atomic E-state index is 12.9. The van der Waals surface area contributed by atoms with E-state index in [4.69, 9.17) is 4.42 Å². The van der Waals surface area contributed by atoms with E-state index >= 15 is 0 Å². The van der Waals surface area contributed by atoms with E-state index in [1.807, 2.05) is 13.8 Å². The molecule has 0 bridgehead atoms.